The summed E-state index contributed by atoms with van der Waals surface area (Å²) < 4.78 is 23.0. The van der Waals surface area contributed by atoms with Gasteiger partial charge in [-0.2, -0.15) is 0 Å². The van der Waals surface area contributed by atoms with Crippen LogP contribution < -0.4 is 26.2 Å². The number of rotatable bonds is 18. The van der Waals surface area contributed by atoms with Crippen molar-refractivity contribution in [2.24, 2.45) is 5.92 Å². The summed E-state index contributed by atoms with van der Waals surface area (Å²) >= 11 is 12.3. The third-order valence-corrected chi connectivity index (χ3v) is 6.93. The van der Waals surface area contributed by atoms with Crippen LogP contribution >= 0.6 is 23.2 Å². The third-order valence-electron chi connectivity index (χ3n) is 6.40. The number of nitrogens with zero attached hydrogens (tertiary/aromatic N) is 2. The zero-order valence-electron chi connectivity index (χ0n) is 25.8. The molecule has 1 aliphatic carbocycles. The van der Waals surface area contributed by atoms with Gasteiger partial charge in [0.25, 0.3) is 5.56 Å². The van der Waals surface area contributed by atoms with Gasteiger partial charge in [0.15, 0.2) is 5.82 Å². The fraction of sp³-hybridized carbons (Fsp3) is 0.600. The lowest BCUT2D eigenvalue weighted by Gasteiger charge is -2.20. The van der Waals surface area contributed by atoms with E-state index in [4.69, 9.17) is 42.1 Å². The van der Waals surface area contributed by atoms with Gasteiger partial charge in [-0.25, -0.2) is 9.78 Å². The molecule has 244 valence electrons. The summed E-state index contributed by atoms with van der Waals surface area (Å²) in [4.78, 5) is 41.1. The van der Waals surface area contributed by atoms with E-state index in [9.17, 15) is 14.4 Å². The number of ether oxygens (including phenoxy) is 4. The Kier molecular flexibility index (Phi) is 14.0. The highest BCUT2D eigenvalue weighted by Gasteiger charge is 2.26. The van der Waals surface area contributed by atoms with E-state index in [0.717, 1.165) is 29.4 Å². The molecule has 0 aliphatic heterocycles. The number of aromatic nitrogens is 2. The molecular weight excluding hydrogens is 613 g/mol. The summed E-state index contributed by atoms with van der Waals surface area (Å²) in [5.74, 6) is 0.800. The van der Waals surface area contributed by atoms with Gasteiger partial charge in [-0.05, 0) is 58.2 Å². The Morgan fingerprint density at radius 2 is 1.93 bits per heavy atom. The van der Waals surface area contributed by atoms with E-state index in [1.807, 2.05) is 0 Å². The summed E-state index contributed by atoms with van der Waals surface area (Å²) in [6, 6.07) is 5.17. The van der Waals surface area contributed by atoms with Gasteiger partial charge >= 0.3 is 12.1 Å². The van der Waals surface area contributed by atoms with Gasteiger partial charge < -0.3 is 34.9 Å². The van der Waals surface area contributed by atoms with Crippen LogP contribution in [0.5, 0.6) is 5.75 Å². The van der Waals surface area contributed by atoms with Crippen molar-refractivity contribution in [1.29, 1.82) is 0 Å². The molecular formula is C30H43Cl2N5O7. The van der Waals surface area contributed by atoms with Crippen molar-refractivity contribution >= 4 is 41.1 Å². The lowest BCUT2D eigenvalue weighted by molar-refractivity contribution is -0.143. The van der Waals surface area contributed by atoms with Crippen LogP contribution in [0.25, 0.3) is 0 Å². The minimum Gasteiger partial charge on any atom is -0.491 e. The van der Waals surface area contributed by atoms with Crippen LogP contribution in [0.2, 0.25) is 10.2 Å². The number of carbonyl (C=O) groups is 2. The van der Waals surface area contributed by atoms with Crippen LogP contribution in [0.15, 0.2) is 29.2 Å². The number of benzene rings is 1. The van der Waals surface area contributed by atoms with E-state index in [0.29, 0.717) is 49.6 Å². The second kappa shape index (κ2) is 17.4. The highest BCUT2D eigenvalue weighted by molar-refractivity contribution is 6.30. The van der Waals surface area contributed by atoms with Crippen LogP contribution in [-0.4, -0.2) is 72.8 Å². The van der Waals surface area contributed by atoms with Crippen LogP contribution in [0.1, 0.15) is 52.5 Å². The Bertz CT molecular complexity index is 1300. The predicted molar refractivity (Wildman–Crippen MR) is 169 cm³/mol. The standard InChI is InChI=1S/C30H43Cl2N5O7/c1-5-42-26(38)19-37-25(32)18-34-27(28(37)39)36-23(14-20-6-7-20)17-33-10-11-41-12-13-43-24-9-8-22(31)15-21(24)16-35-29(40)44-30(2,3)4/h8-9,15,18,20,23,33H,5-7,10-14,16-17,19H2,1-4H3,(H,34,36)(H,35,40). The summed E-state index contributed by atoms with van der Waals surface area (Å²) in [7, 11) is 0. The number of nitrogens with one attached hydrogen (secondary N) is 3. The average molecular weight is 657 g/mol. The molecule has 3 rings (SSSR count). The van der Waals surface area contributed by atoms with Gasteiger partial charge in [-0.15, -0.1) is 0 Å². The molecule has 0 bridgehead atoms. The zero-order chi connectivity index (χ0) is 32.1. The van der Waals surface area contributed by atoms with Crippen molar-refractivity contribution in [1.82, 2.24) is 20.2 Å². The molecule has 0 spiro atoms. The first-order valence-corrected chi connectivity index (χ1v) is 15.5. The van der Waals surface area contributed by atoms with E-state index in [-0.39, 0.29) is 36.7 Å². The van der Waals surface area contributed by atoms with E-state index >= 15 is 0 Å². The molecule has 0 radical (unpaired) electrons. The smallest absolute Gasteiger partial charge is 0.407 e. The molecule has 1 aliphatic rings. The summed E-state index contributed by atoms with van der Waals surface area (Å²) in [6.45, 7) is 9.55. The molecule has 12 nitrogen and oxygen atoms in total. The van der Waals surface area contributed by atoms with Crippen LogP contribution in [0, 0.1) is 5.92 Å². The molecule has 44 heavy (non-hydrogen) atoms. The molecule has 1 unspecified atom stereocenters. The van der Waals surface area contributed by atoms with E-state index in [1.165, 1.54) is 6.20 Å². The van der Waals surface area contributed by atoms with Crippen molar-refractivity contribution in [2.75, 3.05) is 44.8 Å². The summed E-state index contributed by atoms with van der Waals surface area (Å²) in [6.07, 6.45) is 4.04. The number of halogens is 2. The Balaban J connectivity index is 1.41. The third kappa shape index (κ3) is 12.9. The first-order chi connectivity index (χ1) is 20.9. The first kappa shape index (κ1) is 35.4. The molecule has 1 aromatic heterocycles. The van der Waals surface area contributed by atoms with Gasteiger partial charge in [0.1, 0.15) is 29.7 Å². The number of anilines is 1. The van der Waals surface area contributed by atoms with Crippen molar-refractivity contribution in [3.05, 3.63) is 50.5 Å². The Hall–Kier alpha value is -3.06. The largest absolute Gasteiger partial charge is 0.491 e. The molecule has 1 saturated carbocycles. The van der Waals surface area contributed by atoms with Crippen LogP contribution in [0.3, 0.4) is 0 Å². The lowest BCUT2D eigenvalue weighted by Crippen LogP contribution is -2.38. The molecule has 1 heterocycles. The monoisotopic (exact) mass is 655 g/mol. The molecule has 3 N–H and O–H groups in total. The van der Waals surface area contributed by atoms with Gasteiger partial charge in [-0.1, -0.05) is 36.0 Å². The maximum atomic E-state index is 13.0. The highest BCUT2D eigenvalue weighted by Crippen LogP contribution is 2.34. The highest BCUT2D eigenvalue weighted by atomic mass is 35.5. The number of hydrogen-bond acceptors (Lipinski definition) is 10. The maximum Gasteiger partial charge on any atom is 0.407 e. The van der Waals surface area contributed by atoms with Gasteiger partial charge in [0, 0.05) is 36.3 Å². The maximum absolute atomic E-state index is 13.0. The molecule has 1 aromatic carbocycles. The Morgan fingerprint density at radius 1 is 1.16 bits per heavy atom. The Labute approximate surface area is 268 Å². The predicted octanol–water partition coefficient (Wildman–Crippen LogP) is 4.40. The van der Waals surface area contributed by atoms with Gasteiger partial charge in [0.2, 0.25) is 0 Å². The zero-order valence-corrected chi connectivity index (χ0v) is 27.3. The van der Waals surface area contributed by atoms with Crippen molar-refractivity contribution in [3.8, 4) is 5.75 Å². The SMILES string of the molecule is CCOC(=O)Cn1c(Cl)cnc(NC(CNCCOCCOc2ccc(Cl)cc2CNC(=O)OC(C)(C)C)CC2CC2)c1=O. The lowest BCUT2D eigenvalue weighted by atomic mass is 10.1. The molecule has 1 amide bonds. The topological polar surface area (TPSA) is 142 Å². The number of hydrogen-bond donors (Lipinski definition) is 3. The minimum absolute atomic E-state index is 0.0409. The normalized spacial score (nSPS) is 13.7. The van der Waals surface area contributed by atoms with Crippen molar-refractivity contribution in [2.45, 2.75) is 71.7 Å². The van der Waals surface area contributed by atoms with Crippen molar-refractivity contribution < 1.29 is 28.5 Å². The number of alkyl carbamates (subject to hydrolysis) is 1. The van der Waals surface area contributed by atoms with E-state index < -0.39 is 23.2 Å². The summed E-state index contributed by atoms with van der Waals surface area (Å²) in [5, 5.41) is 9.92. The second-order valence-corrected chi connectivity index (χ2v) is 12.2. The first-order valence-electron chi connectivity index (χ1n) is 14.8. The second-order valence-electron chi connectivity index (χ2n) is 11.4. The van der Waals surface area contributed by atoms with Crippen LogP contribution in [-0.2, 0) is 32.1 Å². The van der Waals surface area contributed by atoms with Crippen LogP contribution in [0.4, 0.5) is 10.6 Å². The Morgan fingerprint density at radius 3 is 2.64 bits per heavy atom. The van der Waals surface area contributed by atoms with Gasteiger partial charge in [0.05, 0.1) is 26.0 Å². The fourth-order valence-electron chi connectivity index (χ4n) is 4.23. The average Bonchev–Trinajstić information content (AvgIpc) is 3.77. The van der Waals surface area contributed by atoms with E-state index in [1.54, 1.807) is 45.9 Å². The molecule has 1 fully saturated rings. The number of esters is 1. The number of amides is 1. The quantitative estimate of drug-likeness (QED) is 0.156. The molecule has 2 aromatic rings. The van der Waals surface area contributed by atoms with Crippen molar-refractivity contribution in [3.63, 3.8) is 0 Å². The molecule has 0 saturated heterocycles. The summed E-state index contributed by atoms with van der Waals surface area (Å²) in [5.41, 5.74) is -0.344. The molecule has 1 atom stereocenters. The van der Waals surface area contributed by atoms with E-state index in [2.05, 4.69) is 20.9 Å². The molecule has 14 heteroatoms. The number of carbonyl (C=O) groups excluding carboxylic acids is 2. The fourth-order valence-corrected chi connectivity index (χ4v) is 4.61. The minimum atomic E-state index is -0.595. The van der Waals surface area contributed by atoms with Gasteiger partial charge in [-0.3, -0.25) is 14.2 Å².